The molecule has 1 aromatic heterocycles. The summed E-state index contributed by atoms with van der Waals surface area (Å²) in [7, 11) is 0. The average Bonchev–Trinajstić information content (AvgIpc) is 3.08. The van der Waals surface area contributed by atoms with E-state index in [4.69, 9.17) is 0 Å². The first-order chi connectivity index (χ1) is 9.97. The Morgan fingerprint density at radius 1 is 1.29 bits per heavy atom. The van der Waals surface area contributed by atoms with Crippen molar-refractivity contribution in [2.45, 2.75) is 25.1 Å². The lowest BCUT2D eigenvalue weighted by atomic mass is 10.1. The molecule has 0 bridgehead atoms. The van der Waals surface area contributed by atoms with Gasteiger partial charge in [-0.3, -0.25) is 0 Å². The predicted octanol–water partition coefficient (Wildman–Crippen LogP) is 3.45. The second kappa shape index (κ2) is 5.14. The zero-order valence-electron chi connectivity index (χ0n) is 11.0. The van der Waals surface area contributed by atoms with Crippen LogP contribution in [0.25, 0.3) is 5.69 Å². The largest absolute Gasteiger partial charge is 0.419 e. The molecule has 112 valence electrons. The molecule has 2 aromatic rings. The van der Waals surface area contributed by atoms with Crippen LogP contribution in [0.3, 0.4) is 0 Å². The van der Waals surface area contributed by atoms with Gasteiger partial charge in [0.1, 0.15) is 5.82 Å². The summed E-state index contributed by atoms with van der Waals surface area (Å²) in [5.74, 6) is -1.27. The van der Waals surface area contributed by atoms with Gasteiger partial charge in [0.25, 0.3) is 0 Å². The summed E-state index contributed by atoms with van der Waals surface area (Å²) in [5.41, 5.74) is -0.226. The van der Waals surface area contributed by atoms with E-state index in [1.165, 1.54) is 12.4 Å². The first kappa shape index (κ1) is 14.1. The molecule has 0 unspecified atom stereocenters. The van der Waals surface area contributed by atoms with Crippen molar-refractivity contribution >= 4 is 0 Å². The molecule has 1 fully saturated rings. The van der Waals surface area contributed by atoms with Gasteiger partial charge in [0, 0.05) is 11.7 Å². The Kier molecular flexibility index (Phi) is 3.44. The number of aromatic nitrogens is 2. The Morgan fingerprint density at radius 3 is 2.76 bits per heavy atom. The minimum Gasteiger partial charge on any atom is -0.309 e. The predicted molar refractivity (Wildman–Crippen MR) is 68.5 cm³/mol. The molecular weight excluding hydrogens is 286 g/mol. The van der Waals surface area contributed by atoms with E-state index in [1.54, 1.807) is 10.8 Å². The van der Waals surface area contributed by atoms with Crippen molar-refractivity contribution in [1.82, 2.24) is 14.9 Å². The fourth-order valence-corrected chi connectivity index (χ4v) is 2.60. The van der Waals surface area contributed by atoms with Crippen LogP contribution in [0.1, 0.15) is 30.1 Å². The SMILES string of the molecule is Fc1ccc(-n2cncc2[C@@H]2CCCN2)cc1C(F)(F)F. The van der Waals surface area contributed by atoms with Crippen molar-refractivity contribution in [2.24, 2.45) is 0 Å². The summed E-state index contributed by atoms with van der Waals surface area (Å²) in [6, 6.07) is 3.04. The number of hydrogen-bond acceptors (Lipinski definition) is 2. The van der Waals surface area contributed by atoms with Crippen molar-refractivity contribution in [1.29, 1.82) is 0 Å². The van der Waals surface area contributed by atoms with E-state index in [1.807, 2.05) is 0 Å². The number of alkyl halides is 3. The molecule has 1 saturated heterocycles. The summed E-state index contributed by atoms with van der Waals surface area (Å²) < 4.78 is 53.3. The number of imidazole rings is 1. The topological polar surface area (TPSA) is 29.9 Å². The Labute approximate surface area is 118 Å². The third-order valence-electron chi connectivity index (χ3n) is 3.62. The molecule has 0 radical (unpaired) electrons. The standard InChI is InChI=1S/C14H13F4N3/c15-11-4-3-9(6-10(11)14(16,17)18)21-8-19-7-13(21)12-2-1-5-20-12/h3-4,6-8,12,20H,1-2,5H2/t12-/m0/s1. The normalized spacial score (nSPS) is 19.1. The van der Waals surface area contributed by atoms with Gasteiger partial charge in [0.05, 0.1) is 23.8 Å². The maximum absolute atomic E-state index is 13.4. The summed E-state index contributed by atoms with van der Waals surface area (Å²) in [5, 5.41) is 3.27. The van der Waals surface area contributed by atoms with Gasteiger partial charge >= 0.3 is 6.18 Å². The van der Waals surface area contributed by atoms with Gasteiger partial charge in [0.15, 0.2) is 0 Å². The Hall–Kier alpha value is -1.89. The maximum Gasteiger partial charge on any atom is 0.419 e. The minimum atomic E-state index is -4.72. The highest BCUT2D eigenvalue weighted by atomic mass is 19.4. The lowest BCUT2D eigenvalue weighted by Crippen LogP contribution is -2.16. The quantitative estimate of drug-likeness (QED) is 0.861. The maximum atomic E-state index is 13.4. The van der Waals surface area contributed by atoms with Gasteiger partial charge in [-0.1, -0.05) is 0 Å². The zero-order chi connectivity index (χ0) is 15.0. The monoisotopic (exact) mass is 299 g/mol. The molecule has 3 rings (SSSR count). The lowest BCUT2D eigenvalue weighted by Gasteiger charge is -2.15. The van der Waals surface area contributed by atoms with Crippen molar-refractivity contribution in [3.05, 3.63) is 47.8 Å². The molecule has 0 amide bonds. The first-order valence-electron chi connectivity index (χ1n) is 6.59. The third-order valence-corrected chi connectivity index (χ3v) is 3.62. The number of benzene rings is 1. The number of rotatable bonds is 2. The van der Waals surface area contributed by atoms with Crippen LogP contribution < -0.4 is 5.32 Å². The van der Waals surface area contributed by atoms with Crippen LogP contribution in [0.5, 0.6) is 0 Å². The van der Waals surface area contributed by atoms with Crippen LogP contribution >= 0.6 is 0 Å². The van der Waals surface area contributed by atoms with Crippen molar-refractivity contribution in [3.8, 4) is 5.69 Å². The molecule has 0 aliphatic carbocycles. The third kappa shape index (κ3) is 2.65. The number of nitrogens with zero attached hydrogens (tertiary/aromatic N) is 2. The number of nitrogens with one attached hydrogen (secondary N) is 1. The molecule has 1 aromatic carbocycles. The van der Waals surface area contributed by atoms with Crippen molar-refractivity contribution in [3.63, 3.8) is 0 Å². The number of hydrogen-bond donors (Lipinski definition) is 1. The Bertz CT molecular complexity index is 642. The van der Waals surface area contributed by atoms with Gasteiger partial charge in [0.2, 0.25) is 0 Å². The molecule has 2 heterocycles. The molecule has 7 heteroatoms. The molecule has 1 atom stereocenters. The molecule has 0 saturated carbocycles. The minimum absolute atomic E-state index is 0.0619. The summed E-state index contributed by atoms with van der Waals surface area (Å²) in [4.78, 5) is 4.01. The molecule has 3 nitrogen and oxygen atoms in total. The highest BCUT2D eigenvalue weighted by Crippen LogP contribution is 2.33. The molecule has 1 aliphatic rings. The molecular formula is C14H13F4N3. The van der Waals surface area contributed by atoms with Crippen LogP contribution in [0.2, 0.25) is 0 Å². The summed E-state index contributed by atoms with van der Waals surface area (Å²) >= 11 is 0. The fraction of sp³-hybridized carbons (Fsp3) is 0.357. The van der Waals surface area contributed by atoms with Gasteiger partial charge in [-0.2, -0.15) is 13.2 Å². The van der Waals surface area contributed by atoms with E-state index in [0.717, 1.165) is 37.2 Å². The van der Waals surface area contributed by atoms with E-state index < -0.39 is 17.6 Å². The first-order valence-corrected chi connectivity index (χ1v) is 6.59. The molecule has 1 aliphatic heterocycles. The van der Waals surface area contributed by atoms with Crippen LogP contribution in [0.15, 0.2) is 30.7 Å². The summed E-state index contributed by atoms with van der Waals surface area (Å²) in [6.45, 7) is 0.868. The van der Waals surface area contributed by atoms with E-state index in [2.05, 4.69) is 10.3 Å². The van der Waals surface area contributed by atoms with Crippen molar-refractivity contribution < 1.29 is 17.6 Å². The van der Waals surface area contributed by atoms with E-state index >= 15 is 0 Å². The Balaban J connectivity index is 2.03. The van der Waals surface area contributed by atoms with Crippen molar-refractivity contribution in [2.75, 3.05) is 6.54 Å². The second-order valence-electron chi connectivity index (χ2n) is 5.00. The zero-order valence-corrected chi connectivity index (χ0v) is 11.0. The number of halogens is 4. The van der Waals surface area contributed by atoms with Gasteiger partial charge in [-0.05, 0) is 37.6 Å². The fourth-order valence-electron chi connectivity index (χ4n) is 2.60. The van der Waals surface area contributed by atoms with Gasteiger partial charge in [-0.25, -0.2) is 9.37 Å². The van der Waals surface area contributed by atoms with Gasteiger partial charge < -0.3 is 9.88 Å². The molecule has 0 spiro atoms. The highest BCUT2D eigenvalue weighted by molar-refractivity contribution is 5.40. The average molecular weight is 299 g/mol. The second-order valence-corrected chi connectivity index (χ2v) is 5.00. The highest BCUT2D eigenvalue weighted by Gasteiger charge is 2.34. The summed E-state index contributed by atoms with van der Waals surface area (Å²) in [6.07, 6.45) is 0.265. The van der Waals surface area contributed by atoms with Crippen LogP contribution in [-0.2, 0) is 6.18 Å². The van der Waals surface area contributed by atoms with Crippen LogP contribution in [0.4, 0.5) is 17.6 Å². The van der Waals surface area contributed by atoms with E-state index in [0.29, 0.717) is 0 Å². The van der Waals surface area contributed by atoms with Gasteiger partial charge in [-0.15, -0.1) is 0 Å². The van der Waals surface area contributed by atoms with Crippen LogP contribution in [0, 0.1) is 5.82 Å². The molecule has 1 N–H and O–H groups in total. The van der Waals surface area contributed by atoms with E-state index in [-0.39, 0.29) is 11.7 Å². The molecule has 21 heavy (non-hydrogen) atoms. The smallest absolute Gasteiger partial charge is 0.309 e. The Morgan fingerprint density at radius 2 is 2.10 bits per heavy atom. The van der Waals surface area contributed by atoms with Crippen LogP contribution in [-0.4, -0.2) is 16.1 Å². The van der Waals surface area contributed by atoms with E-state index in [9.17, 15) is 17.6 Å². The lowest BCUT2D eigenvalue weighted by molar-refractivity contribution is -0.140.